The van der Waals surface area contributed by atoms with Gasteiger partial charge in [0.1, 0.15) is 0 Å². The van der Waals surface area contributed by atoms with Crippen molar-refractivity contribution in [3.8, 4) is 0 Å². The van der Waals surface area contributed by atoms with Crippen molar-refractivity contribution < 1.29 is 9.32 Å². The van der Waals surface area contributed by atoms with E-state index in [4.69, 9.17) is 4.52 Å². The summed E-state index contributed by atoms with van der Waals surface area (Å²) < 4.78 is 5.22. The van der Waals surface area contributed by atoms with Gasteiger partial charge in [-0.3, -0.25) is 14.8 Å². The molecule has 0 aromatic carbocycles. The van der Waals surface area contributed by atoms with Gasteiger partial charge in [0.15, 0.2) is 5.76 Å². The standard InChI is InChI=1S/C13H17N5O2/c1-10-6-12(20-16-10)9-17-2-4-18(5-3-17)13(19)11-7-14-15-8-11/h6-8H,2-5,9H2,1H3,(H,14,15). The van der Waals surface area contributed by atoms with Gasteiger partial charge in [0.2, 0.25) is 0 Å². The molecule has 7 nitrogen and oxygen atoms in total. The number of aromatic nitrogens is 3. The molecule has 1 saturated heterocycles. The van der Waals surface area contributed by atoms with Gasteiger partial charge < -0.3 is 9.42 Å². The number of nitrogens with zero attached hydrogens (tertiary/aromatic N) is 4. The highest BCUT2D eigenvalue weighted by molar-refractivity contribution is 5.93. The van der Waals surface area contributed by atoms with E-state index in [9.17, 15) is 4.79 Å². The maximum absolute atomic E-state index is 12.1. The van der Waals surface area contributed by atoms with Crippen molar-refractivity contribution in [1.82, 2.24) is 25.2 Å². The molecule has 2 aromatic heterocycles. The second-order valence-corrected chi connectivity index (χ2v) is 4.99. The number of aromatic amines is 1. The van der Waals surface area contributed by atoms with Gasteiger partial charge in [0.25, 0.3) is 5.91 Å². The molecule has 0 atom stereocenters. The number of piperazine rings is 1. The summed E-state index contributed by atoms with van der Waals surface area (Å²) in [6.07, 6.45) is 3.19. The third kappa shape index (κ3) is 2.72. The van der Waals surface area contributed by atoms with Crippen LogP contribution in [0.5, 0.6) is 0 Å². The highest BCUT2D eigenvalue weighted by Crippen LogP contribution is 2.11. The Kier molecular flexibility index (Phi) is 3.51. The summed E-state index contributed by atoms with van der Waals surface area (Å²) in [6, 6.07) is 1.95. The fraction of sp³-hybridized carbons (Fsp3) is 0.462. The van der Waals surface area contributed by atoms with Crippen LogP contribution in [-0.2, 0) is 6.54 Å². The molecule has 7 heteroatoms. The minimum atomic E-state index is 0.0360. The first-order chi connectivity index (χ1) is 9.72. The summed E-state index contributed by atoms with van der Waals surface area (Å²) in [4.78, 5) is 16.3. The fourth-order valence-corrected chi connectivity index (χ4v) is 2.37. The van der Waals surface area contributed by atoms with Crippen LogP contribution in [0.3, 0.4) is 0 Å². The Balaban J connectivity index is 1.53. The van der Waals surface area contributed by atoms with E-state index in [1.54, 1.807) is 12.4 Å². The van der Waals surface area contributed by atoms with Crippen LogP contribution in [0, 0.1) is 6.92 Å². The van der Waals surface area contributed by atoms with Gasteiger partial charge in [-0.25, -0.2) is 0 Å². The molecule has 0 radical (unpaired) electrons. The molecule has 1 amide bonds. The number of carbonyl (C=O) groups is 1. The van der Waals surface area contributed by atoms with Gasteiger partial charge in [0, 0.05) is 38.4 Å². The van der Waals surface area contributed by atoms with Gasteiger partial charge in [-0.15, -0.1) is 0 Å². The maximum atomic E-state index is 12.1. The van der Waals surface area contributed by atoms with Crippen molar-refractivity contribution in [3.63, 3.8) is 0 Å². The van der Waals surface area contributed by atoms with Gasteiger partial charge in [-0.1, -0.05) is 5.16 Å². The van der Waals surface area contributed by atoms with Crippen molar-refractivity contribution in [3.05, 3.63) is 35.5 Å². The van der Waals surface area contributed by atoms with E-state index in [-0.39, 0.29) is 5.91 Å². The molecular formula is C13H17N5O2. The number of carbonyl (C=O) groups excluding carboxylic acids is 1. The average molecular weight is 275 g/mol. The van der Waals surface area contributed by atoms with Gasteiger partial charge >= 0.3 is 0 Å². The molecule has 2 aromatic rings. The van der Waals surface area contributed by atoms with Crippen LogP contribution in [0.25, 0.3) is 0 Å². The lowest BCUT2D eigenvalue weighted by atomic mass is 10.2. The molecule has 0 spiro atoms. The second-order valence-electron chi connectivity index (χ2n) is 4.99. The lowest BCUT2D eigenvalue weighted by Gasteiger charge is -2.33. The van der Waals surface area contributed by atoms with Gasteiger partial charge in [-0.05, 0) is 6.92 Å². The Hall–Kier alpha value is -2.15. The van der Waals surface area contributed by atoms with E-state index in [1.807, 2.05) is 17.9 Å². The molecule has 1 aliphatic rings. The van der Waals surface area contributed by atoms with Crippen LogP contribution in [0.15, 0.2) is 23.0 Å². The van der Waals surface area contributed by atoms with E-state index >= 15 is 0 Å². The normalized spacial score (nSPS) is 16.6. The van der Waals surface area contributed by atoms with E-state index in [0.29, 0.717) is 5.56 Å². The number of nitrogens with one attached hydrogen (secondary N) is 1. The van der Waals surface area contributed by atoms with Crippen LogP contribution in [-0.4, -0.2) is 57.2 Å². The number of H-pyrrole nitrogens is 1. The minimum Gasteiger partial charge on any atom is -0.360 e. The molecule has 1 N–H and O–H groups in total. The first kappa shape index (κ1) is 12.9. The smallest absolute Gasteiger partial charge is 0.257 e. The van der Waals surface area contributed by atoms with Crippen molar-refractivity contribution in [1.29, 1.82) is 0 Å². The van der Waals surface area contributed by atoms with Crippen molar-refractivity contribution in [2.75, 3.05) is 26.2 Å². The van der Waals surface area contributed by atoms with Gasteiger partial charge in [-0.2, -0.15) is 5.10 Å². The van der Waals surface area contributed by atoms with Crippen LogP contribution in [0.1, 0.15) is 21.8 Å². The molecule has 0 unspecified atom stereocenters. The van der Waals surface area contributed by atoms with E-state index in [2.05, 4.69) is 20.3 Å². The monoisotopic (exact) mass is 275 g/mol. The molecule has 3 heterocycles. The van der Waals surface area contributed by atoms with Gasteiger partial charge in [0.05, 0.1) is 24.0 Å². The molecule has 3 rings (SSSR count). The van der Waals surface area contributed by atoms with Crippen molar-refractivity contribution in [2.24, 2.45) is 0 Å². The summed E-state index contributed by atoms with van der Waals surface area (Å²) in [7, 11) is 0. The topological polar surface area (TPSA) is 78.3 Å². The number of aryl methyl sites for hydroxylation is 1. The van der Waals surface area contributed by atoms with Crippen LogP contribution in [0.4, 0.5) is 0 Å². The molecule has 1 fully saturated rings. The molecule has 0 saturated carbocycles. The Morgan fingerprint density at radius 1 is 1.40 bits per heavy atom. The lowest BCUT2D eigenvalue weighted by Crippen LogP contribution is -2.48. The number of amides is 1. The number of hydrogen-bond acceptors (Lipinski definition) is 5. The molecule has 20 heavy (non-hydrogen) atoms. The van der Waals surface area contributed by atoms with Crippen LogP contribution >= 0.6 is 0 Å². The van der Waals surface area contributed by atoms with E-state index < -0.39 is 0 Å². The molecule has 0 bridgehead atoms. The van der Waals surface area contributed by atoms with Crippen molar-refractivity contribution >= 4 is 5.91 Å². The Labute approximate surface area is 116 Å². The summed E-state index contributed by atoms with van der Waals surface area (Å²) in [5.74, 6) is 0.908. The first-order valence-electron chi connectivity index (χ1n) is 6.65. The van der Waals surface area contributed by atoms with E-state index in [0.717, 1.165) is 44.2 Å². The molecule has 1 aliphatic heterocycles. The third-order valence-corrected chi connectivity index (χ3v) is 3.46. The quantitative estimate of drug-likeness (QED) is 0.890. The number of rotatable bonds is 3. The zero-order chi connectivity index (χ0) is 13.9. The summed E-state index contributed by atoms with van der Waals surface area (Å²) >= 11 is 0. The summed E-state index contributed by atoms with van der Waals surface area (Å²) in [5.41, 5.74) is 1.51. The Morgan fingerprint density at radius 2 is 2.20 bits per heavy atom. The first-order valence-corrected chi connectivity index (χ1v) is 6.65. The number of hydrogen-bond donors (Lipinski definition) is 1. The SMILES string of the molecule is Cc1cc(CN2CCN(C(=O)c3cn[nH]c3)CC2)on1. The molecule has 0 aliphatic carbocycles. The predicted molar refractivity (Wildman–Crippen MR) is 71.0 cm³/mol. The zero-order valence-electron chi connectivity index (χ0n) is 11.4. The van der Waals surface area contributed by atoms with Crippen LogP contribution in [0.2, 0.25) is 0 Å². The third-order valence-electron chi connectivity index (χ3n) is 3.46. The van der Waals surface area contributed by atoms with Crippen molar-refractivity contribution in [2.45, 2.75) is 13.5 Å². The highest BCUT2D eigenvalue weighted by Gasteiger charge is 2.23. The average Bonchev–Trinajstić information content (AvgIpc) is 3.11. The highest BCUT2D eigenvalue weighted by atomic mass is 16.5. The summed E-state index contributed by atoms with van der Waals surface area (Å²) in [5, 5.41) is 10.4. The maximum Gasteiger partial charge on any atom is 0.257 e. The largest absolute Gasteiger partial charge is 0.360 e. The molecule has 106 valence electrons. The summed E-state index contributed by atoms with van der Waals surface area (Å²) in [6.45, 7) is 5.77. The lowest BCUT2D eigenvalue weighted by molar-refractivity contribution is 0.0617. The van der Waals surface area contributed by atoms with E-state index in [1.165, 1.54) is 0 Å². The fourth-order valence-electron chi connectivity index (χ4n) is 2.37. The predicted octanol–water partition coefficient (Wildman–Crippen LogP) is 0.664. The molecular weight excluding hydrogens is 258 g/mol. The van der Waals surface area contributed by atoms with Crippen LogP contribution < -0.4 is 0 Å². The minimum absolute atomic E-state index is 0.0360. The Morgan fingerprint density at radius 3 is 2.80 bits per heavy atom. The zero-order valence-corrected chi connectivity index (χ0v) is 11.4. The second kappa shape index (κ2) is 5.46. The Bertz CT molecular complexity index is 569.